The van der Waals surface area contributed by atoms with E-state index in [1.54, 1.807) is 0 Å². The van der Waals surface area contributed by atoms with Crippen LogP contribution in [0.1, 0.15) is 13.3 Å². The van der Waals surface area contributed by atoms with Crippen LogP contribution in [0.25, 0.3) is 10.8 Å². The van der Waals surface area contributed by atoms with Crippen LogP contribution < -0.4 is 4.74 Å². The van der Waals surface area contributed by atoms with Gasteiger partial charge in [0.1, 0.15) is 18.5 Å². The number of hydrogen-bond donors (Lipinski definition) is 1. The maximum absolute atomic E-state index is 10.4. The van der Waals surface area contributed by atoms with Gasteiger partial charge in [-0.1, -0.05) is 43.3 Å². The smallest absolute Gasteiger partial charge is 0.127 e. The molecule has 2 aromatic carbocycles. The van der Waals surface area contributed by atoms with Gasteiger partial charge in [0.25, 0.3) is 0 Å². The average Bonchev–Trinajstić information content (AvgIpc) is 3.06. The van der Waals surface area contributed by atoms with E-state index in [4.69, 9.17) is 4.74 Å². The molecule has 1 saturated heterocycles. The number of aliphatic hydroxyl groups is 1. The molecule has 0 amide bonds. The Labute approximate surface area is 151 Å². The van der Waals surface area contributed by atoms with Gasteiger partial charge in [-0.2, -0.15) is 0 Å². The zero-order valence-electron chi connectivity index (χ0n) is 15.4. The van der Waals surface area contributed by atoms with E-state index in [0.29, 0.717) is 13.2 Å². The van der Waals surface area contributed by atoms with E-state index in [2.05, 4.69) is 42.0 Å². The average molecular weight is 342 g/mol. The largest absolute Gasteiger partial charge is 0.490 e. The molecule has 1 aliphatic rings. The first kappa shape index (κ1) is 18.2. The standard InChI is InChI=1S/C21H30N2O2/c1-3-22(2)13-17-11-12-23(14-17)15-19(24)16-25-21-10-6-8-18-7-4-5-9-20(18)21/h4-10,17,19,24H,3,11-16H2,1-2H3. The molecule has 1 aliphatic heterocycles. The molecular formula is C21H30N2O2. The first-order chi connectivity index (χ1) is 12.2. The molecular weight excluding hydrogens is 312 g/mol. The van der Waals surface area contributed by atoms with Crippen molar-refractivity contribution in [1.82, 2.24) is 9.80 Å². The van der Waals surface area contributed by atoms with Gasteiger partial charge < -0.3 is 19.6 Å². The molecule has 136 valence electrons. The van der Waals surface area contributed by atoms with Crippen molar-refractivity contribution in [3.8, 4) is 5.75 Å². The Morgan fingerprint density at radius 1 is 1.24 bits per heavy atom. The van der Waals surface area contributed by atoms with Crippen molar-refractivity contribution in [2.24, 2.45) is 5.92 Å². The molecule has 1 heterocycles. The van der Waals surface area contributed by atoms with Crippen molar-refractivity contribution < 1.29 is 9.84 Å². The van der Waals surface area contributed by atoms with Crippen LogP contribution in [-0.2, 0) is 0 Å². The summed E-state index contributed by atoms with van der Waals surface area (Å²) in [5.41, 5.74) is 0. The lowest BCUT2D eigenvalue weighted by Crippen LogP contribution is -2.35. The number of β-amino-alcohol motifs (C(OH)–C–C–N with tert-alkyl or cyclic N) is 1. The monoisotopic (exact) mass is 342 g/mol. The minimum atomic E-state index is -0.457. The summed E-state index contributed by atoms with van der Waals surface area (Å²) in [6, 6.07) is 14.2. The summed E-state index contributed by atoms with van der Waals surface area (Å²) >= 11 is 0. The molecule has 4 heteroatoms. The number of nitrogens with zero attached hydrogens (tertiary/aromatic N) is 2. The summed E-state index contributed by atoms with van der Waals surface area (Å²) in [5, 5.41) is 12.6. The van der Waals surface area contributed by atoms with Crippen LogP contribution in [0, 0.1) is 5.92 Å². The third-order valence-electron chi connectivity index (χ3n) is 5.13. The zero-order valence-corrected chi connectivity index (χ0v) is 15.4. The van der Waals surface area contributed by atoms with Gasteiger partial charge >= 0.3 is 0 Å². The molecule has 0 aliphatic carbocycles. The highest BCUT2D eigenvalue weighted by molar-refractivity contribution is 5.88. The van der Waals surface area contributed by atoms with Crippen molar-refractivity contribution in [3.63, 3.8) is 0 Å². The van der Waals surface area contributed by atoms with E-state index >= 15 is 0 Å². The van der Waals surface area contributed by atoms with Crippen molar-refractivity contribution >= 4 is 10.8 Å². The van der Waals surface area contributed by atoms with Gasteiger partial charge in [-0.15, -0.1) is 0 Å². The van der Waals surface area contributed by atoms with E-state index < -0.39 is 6.10 Å². The van der Waals surface area contributed by atoms with Crippen LogP contribution in [-0.4, -0.2) is 67.4 Å². The lowest BCUT2D eigenvalue weighted by molar-refractivity contribution is 0.0748. The lowest BCUT2D eigenvalue weighted by atomic mass is 10.1. The van der Waals surface area contributed by atoms with Crippen LogP contribution in [0.4, 0.5) is 0 Å². The Kier molecular flexibility index (Phi) is 6.29. The molecule has 0 aromatic heterocycles. The normalized spacial score (nSPS) is 19.6. The fraction of sp³-hybridized carbons (Fsp3) is 0.524. The van der Waals surface area contributed by atoms with Gasteiger partial charge in [-0.05, 0) is 43.9 Å². The first-order valence-electron chi connectivity index (χ1n) is 9.35. The minimum absolute atomic E-state index is 0.337. The number of benzene rings is 2. The second-order valence-electron chi connectivity index (χ2n) is 7.21. The Hall–Kier alpha value is -1.62. The maximum atomic E-state index is 10.4. The summed E-state index contributed by atoms with van der Waals surface area (Å²) in [6.45, 7) is 7.62. The molecule has 1 fully saturated rings. The summed E-state index contributed by atoms with van der Waals surface area (Å²) in [5.74, 6) is 1.57. The van der Waals surface area contributed by atoms with Crippen molar-refractivity contribution in [3.05, 3.63) is 42.5 Å². The summed E-state index contributed by atoms with van der Waals surface area (Å²) in [6.07, 6.45) is 0.767. The highest BCUT2D eigenvalue weighted by atomic mass is 16.5. The fourth-order valence-corrected chi connectivity index (χ4v) is 3.66. The zero-order chi connectivity index (χ0) is 17.6. The van der Waals surface area contributed by atoms with Crippen LogP contribution >= 0.6 is 0 Å². The van der Waals surface area contributed by atoms with E-state index in [9.17, 15) is 5.11 Å². The molecule has 2 unspecified atom stereocenters. The molecule has 25 heavy (non-hydrogen) atoms. The quantitative estimate of drug-likeness (QED) is 0.800. The predicted octanol–water partition coefficient (Wildman–Crippen LogP) is 2.85. The lowest BCUT2D eigenvalue weighted by Gasteiger charge is -2.22. The molecule has 4 nitrogen and oxygen atoms in total. The van der Waals surface area contributed by atoms with E-state index in [-0.39, 0.29) is 0 Å². The molecule has 0 saturated carbocycles. The molecule has 2 atom stereocenters. The molecule has 0 bridgehead atoms. The van der Waals surface area contributed by atoms with Crippen LogP contribution in [0.3, 0.4) is 0 Å². The third-order valence-corrected chi connectivity index (χ3v) is 5.13. The van der Waals surface area contributed by atoms with Gasteiger partial charge in [0.2, 0.25) is 0 Å². The van der Waals surface area contributed by atoms with Crippen molar-refractivity contribution in [1.29, 1.82) is 0 Å². The van der Waals surface area contributed by atoms with Crippen molar-refractivity contribution in [2.45, 2.75) is 19.4 Å². The number of fused-ring (bicyclic) bond motifs is 1. The Morgan fingerprint density at radius 2 is 2.04 bits per heavy atom. The number of likely N-dealkylation sites (tertiary alicyclic amines) is 1. The predicted molar refractivity (Wildman–Crippen MR) is 103 cm³/mol. The van der Waals surface area contributed by atoms with Gasteiger partial charge in [-0.25, -0.2) is 0 Å². The number of ether oxygens (including phenoxy) is 1. The number of rotatable bonds is 8. The van der Waals surface area contributed by atoms with Gasteiger partial charge in [0, 0.05) is 25.0 Å². The topological polar surface area (TPSA) is 35.9 Å². The first-order valence-corrected chi connectivity index (χ1v) is 9.35. The second kappa shape index (κ2) is 8.65. The Bertz CT molecular complexity index is 670. The van der Waals surface area contributed by atoms with Gasteiger partial charge in [-0.3, -0.25) is 0 Å². The summed E-state index contributed by atoms with van der Waals surface area (Å²) in [7, 11) is 2.18. The molecule has 0 spiro atoms. The van der Waals surface area contributed by atoms with Gasteiger partial charge in [0.05, 0.1) is 0 Å². The molecule has 0 radical (unpaired) electrons. The van der Waals surface area contributed by atoms with E-state index in [1.807, 2.05) is 24.3 Å². The van der Waals surface area contributed by atoms with E-state index in [1.165, 1.54) is 6.42 Å². The van der Waals surface area contributed by atoms with Crippen molar-refractivity contribution in [2.75, 3.05) is 46.4 Å². The molecule has 3 rings (SSSR count). The van der Waals surface area contributed by atoms with Crippen LogP contribution in [0.2, 0.25) is 0 Å². The second-order valence-corrected chi connectivity index (χ2v) is 7.21. The summed E-state index contributed by atoms with van der Waals surface area (Å²) in [4.78, 5) is 4.74. The maximum Gasteiger partial charge on any atom is 0.127 e. The molecule has 2 aromatic rings. The van der Waals surface area contributed by atoms with E-state index in [0.717, 1.165) is 48.6 Å². The fourth-order valence-electron chi connectivity index (χ4n) is 3.66. The third kappa shape index (κ3) is 4.94. The molecule has 1 N–H and O–H groups in total. The number of aliphatic hydroxyl groups excluding tert-OH is 1. The number of hydrogen-bond acceptors (Lipinski definition) is 4. The Balaban J connectivity index is 1.48. The van der Waals surface area contributed by atoms with Crippen LogP contribution in [0.5, 0.6) is 5.75 Å². The van der Waals surface area contributed by atoms with Gasteiger partial charge in [0.15, 0.2) is 0 Å². The highest BCUT2D eigenvalue weighted by Crippen LogP contribution is 2.25. The Morgan fingerprint density at radius 3 is 2.88 bits per heavy atom. The van der Waals surface area contributed by atoms with Crippen LogP contribution in [0.15, 0.2) is 42.5 Å². The SMILES string of the molecule is CCN(C)CC1CCN(CC(O)COc2cccc3ccccc23)C1. The summed E-state index contributed by atoms with van der Waals surface area (Å²) < 4.78 is 5.92. The minimum Gasteiger partial charge on any atom is -0.490 e. The highest BCUT2D eigenvalue weighted by Gasteiger charge is 2.25.